The summed E-state index contributed by atoms with van der Waals surface area (Å²) >= 11 is 8.45. The number of amides is 3. The minimum atomic E-state index is -4.18. The fourth-order valence-corrected chi connectivity index (χ4v) is 6.30. The number of halogens is 2. The molecule has 2 fully saturated rings. The highest BCUT2D eigenvalue weighted by Crippen LogP contribution is 2.38. The maximum Gasteiger partial charge on any atom is 0.339 e. The molecule has 3 amide bonds. The topological polar surface area (TPSA) is 120 Å². The third-order valence-corrected chi connectivity index (χ3v) is 8.57. The second kappa shape index (κ2) is 11.6. The molecule has 2 aromatic carbocycles. The molecule has 0 spiro atoms. The van der Waals surface area contributed by atoms with Crippen molar-refractivity contribution < 1.29 is 36.5 Å². The first-order chi connectivity index (χ1) is 17.6. The lowest BCUT2D eigenvalue weighted by molar-refractivity contribution is -0.139. The molecule has 2 aliphatic heterocycles. The van der Waals surface area contributed by atoms with E-state index in [1.807, 2.05) is 22.6 Å². The Morgan fingerprint density at radius 2 is 1.86 bits per heavy atom. The smallest absolute Gasteiger partial charge is 0.339 e. The number of morpholine rings is 1. The van der Waals surface area contributed by atoms with Crippen LogP contribution in [0.5, 0.6) is 11.5 Å². The summed E-state index contributed by atoms with van der Waals surface area (Å²) in [6.45, 7) is 1.29. The van der Waals surface area contributed by atoms with Crippen LogP contribution in [-0.2, 0) is 24.4 Å². The molecule has 2 aromatic rings. The summed E-state index contributed by atoms with van der Waals surface area (Å²) in [5, 5.41) is -0.168. The molecular weight excluding hydrogens is 659 g/mol. The Kier molecular flexibility index (Phi) is 8.68. The van der Waals surface area contributed by atoms with Gasteiger partial charge in [0.15, 0.2) is 11.5 Å². The Morgan fingerprint density at radius 3 is 2.51 bits per heavy atom. The van der Waals surface area contributed by atoms with Crippen LogP contribution in [0.2, 0.25) is 5.02 Å². The molecule has 0 aromatic heterocycles. The lowest BCUT2D eigenvalue weighted by atomic mass is 10.2. The van der Waals surface area contributed by atoms with Gasteiger partial charge in [0.25, 0.3) is 11.1 Å². The van der Waals surface area contributed by atoms with Crippen LogP contribution in [0, 0.1) is 3.57 Å². The van der Waals surface area contributed by atoms with E-state index in [4.69, 9.17) is 25.3 Å². The highest BCUT2D eigenvalue weighted by molar-refractivity contribution is 14.1. The molecule has 14 heteroatoms. The van der Waals surface area contributed by atoms with Crippen LogP contribution in [0.15, 0.2) is 46.2 Å². The van der Waals surface area contributed by atoms with Crippen molar-refractivity contribution in [1.29, 1.82) is 0 Å². The van der Waals surface area contributed by atoms with Crippen LogP contribution in [0.25, 0.3) is 6.08 Å². The maximum absolute atomic E-state index is 12.9. The number of rotatable bonds is 7. The second-order valence-corrected chi connectivity index (χ2v) is 11.9. The van der Waals surface area contributed by atoms with Crippen LogP contribution in [0.1, 0.15) is 5.56 Å². The maximum atomic E-state index is 12.9. The van der Waals surface area contributed by atoms with Gasteiger partial charge in [-0.25, -0.2) is 0 Å². The number of carbonyl (C=O) groups excluding carboxylic acids is 3. The van der Waals surface area contributed by atoms with Gasteiger partial charge in [0.2, 0.25) is 5.91 Å². The van der Waals surface area contributed by atoms with Gasteiger partial charge in [0.05, 0.1) is 28.8 Å². The van der Waals surface area contributed by atoms with E-state index in [0.29, 0.717) is 40.5 Å². The lowest BCUT2D eigenvalue weighted by Gasteiger charge is -2.28. The van der Waals surface area contributed by atoms with Crippen molar-refractivity contribution in [3.8, 4) is 11.5 Å². The van der Waals surface area contributed by atoms with Gasteiger partial charge in [0, 0.05) is 18.1 Å². The molecule has 2 aliphatic rings. The molecule has 37 heavy (non-hydrogen) atoms. The molecule has 0 saturated carbocycles. The van der Waals surface area contributed by atoms with Crippen LogP contribution in [0.4, 0.5) is 4.79 Å². The predicted molar refractivity (Wildman–Crippen MR) is 145 cm³/mol. The first kappa shape index (κ1) is 27.7. The van der Waals surface area contributed by atoms with E-state index >= 15 is 0 Å². The summed E-state index contributed by atoms with van der Waals surface area (Å²) in [5.41, 5.74) is 0.475. The molecule has 0 radical (unpaired) electrons. The number of hydrogen-bond donors (Lipinski definition) is 0. The van der Waals surface area contributed by atoms with Crippen LogP contribution >= 0.6 is 46.0 Å². The van der Waals surface area contributed by atoms with Gasteiger partial charge in [-0.2, -0.15) is 8.42 Å². The molecule has 0 unspecified atom stereocenters. The monoisotopic (exact) mass is 678 g/mol. The summed E-state index contributed by atoms with van der Waals surface area (Å²) < 4.78 is 41.8. The Hall–Kier alpha value is -2.33. The summed E-state index contributed by atoms with van der Waals surface area (Å²) in [6, 6.07) is 8.59. The molecule has 4 rings (SSSR count). The van der Waals surface area contributed by atoms with E-state index in [9.17, 15) is 22.8 Å². The zero-order valence-electron chi connectivity index (χ0n) is 19.3. The Bertz CT molecular complexity index is 1380. The summed E-state index contributed by atoms with van der Waals surface area (Å²) in [7, 11) is -2.83. The highest BCUT2D eigenvalue weighted by atomic mass is 127. The van der Waals surface area contributed by atoms with Crippen molar-refractivity contribution in [3.05, 3.63) is 55.5 Å². The summed E-state index contributed by atoms with van der Waals surface area (Å²) in [4.78, 5) is 40.4. The van der Waals surface area contributed by atoms with Gasteiger partial charge in [-0.1, -0.05) is 11.6 Å². The number of methoxy groups -OCH3 is 1. The van der Waals surface area contributed by atoms with Crippen molar-refractivity contribution in [2.45, 2.75) is 4.90 Å². The summed E-state index contributed by atoms with van der Waals surface area (Å²) in [5.74, 6) is -0.834. The molecule has 2 saturated heterocycles. The van der Waals surface area contributed by atoms with Crippen LogP contribution in [0.3, 0.4) is 0 Å². The Balaban J connectivity index is 1.54. The molecule has 10 nitrogen and oxygen atoms in total. The SMILES string of the molecule is COc1cc(/C=C2\SC(=O)N(CC(=O)N3CCOCC3)C2=O)cc(I)c1OS(=O)(=O)c1ccc(Cl)cc1. The van der Waals surface area contributed by atoms with Crippen molar-refractivity contribution >= 4 is 79.2 Å². The van der Waals surface area contributed by atoms with Crippen molar-refractivity contribution in [1.82, 2.24) is 9.80 Å². The fraction of sp³-hybridized carbons (Fsp3) is 0.261. The van der Waals surface area contributed by atoms with Gasteiger partial charge < -0.3 is 18.6 Å². The fourth-order valence-electron chi connectivity index (χ4n) is 3.50. The van der Waals surface area contributed by atoms with E-state index in [2.05, 4.69) is 0 Å². The third-order valence-electron chi connectivity index (χ3n) is 5.38. The van der Waals surface area contributed by atoms with Gasteiger partial charge in [-0.05, 0) is 82.4 Å². The van der Waals surface area contributed by atoms with Crippen LogP contribution in [-0.4, -0.2) is 75.2 Å². The number of benzene rings is 2. The van der Waals surface area contributed by atoms with Crippen molar-refractivity contribution in [3.63, 3.8) is 0 Å². The van der Waals surface area contributed by atoms with E-state index in [0.717, 1.165) is 16.7 Å². The van der Waals surface area contributed by atoms with Crippen molar-refractivity contribution in [2.75, 3.05) is 40.0 Å². The lowest BCUT2D eigenvalue weighted by Crippen LogP contribution is -2.46. The first-order valence-corrected chi connectivity index (χ1v) is 14.5. The normalized spacial score (nSPS) is 17.4. The van der Waals surface area contributed by atoms with E-state index in [1.54, 1.807) is 11.0 Å². The molecule has 0 bridgehead atoms. The minimum absolute atomic E-state index is 0.0283. The van der Waals surface area contributed by atoms with Gasteiger partial charge >= 0.3 is 10.1 Å². The zero-order chi connectivity index (χ0) is 26.7. The molecule has 0 aliphatic carbocycles. The van der Waals surface area contributed by atoms with E-state index in [-0.39, 0.29) is 33.8 Å². The zero-order valence-corrected chi connectivity index (χ0v) is 23.9. The number of hydrogen-bond acceptors (Lipinski definition) is 9. The average Bonchev–Trinajstić information content (AvgIpc) is 3.13. The largest absolute Gasteiger partial charge is 0.493 e. The van der Waals surface area contributed by atoms with E-state index in [1.165, 1.54) is 43.5 Å². The Morgan fingerprint density at radius 1 is 1.19 bits per heavy atom. The van der Waals surface area contributed by atoms with Gasteiger partial charge in [-0.15, -0.1) is 0 Å². The number of carbonyl (C=O) groups is 3. The van der Waals surface area contributed by atoms with Crippen LogP contribution < -0.4 is 8.92 Å². The number of nitrogens with zero attached hydrogens (tertiary/aromatic N) is 2. The summed E-state index contributed by atoms with van der Waals surface area (Å²) in [6.07, 6.45) is 1.48. The van der Waals surface area contributed by atoms with E-state index < -0.39 is 21.3 Å². The predicted octanol–water partition coefficient (Wildman–Crippen LogP) is 3.62. The molecular formula is C23H20ClIN2O8S2. The standard InChI is InChI=1S/C23H20ClIN2O8S2/c1-33-18-11-14(10-17(25)21(18)35-37(31,32)16-4-2-15(24)3-5-16)12-19-22(29)27(23(30)36-19)13-20(28)26-6-8-34-9-7-26/h2-5,10-12H,6-9,13H2,1H3/b19-12-. The molecule has 196 valence electrons. The number of ether oxygens (including phenoxy) is 2. The minimum Gasteiger partial charge on any atom is -0.493 e. The van der Waals surface area contributed by atoms with Gasteiger partial charge in [-0.3, -0.25) is 19.3 Å². The van der Waals surface area contributed by atoms with Gasteiger partial charge in [0.1, 0.15) is 11.4 Å². The average molecular weight is 679 g/mol. The molecule has 0 atom stereocenters. The number of imide groups is 1. The van der Waals surface area contributed by atoms with Crippen molar-refractivity contribution in [2.24, 2.45) is 0 Å². The first-order valence-electron chi connectivity index (χ1n) is 10.8. The third kappa shape index (κ3) is 6.39. The Labute approximate surface area is 236 Å². The second-order valence-electron chi connectivity index (χ2n) is 7.79. The number of thioether (sulfide) groups is 1. The quantitative estimate of drug-likeness (QED) is 0.246. The molecule has 0 N–H and O–H groups in total. The molecule has 2 heterocycles. The highest BCUT2D eigenvalue weighted by Gasteiger charge is 2.37.